The van der Waals surface area contributed by atoms with Crippen molar-refractivity contribution in [3.05, 3.63) is 62.9 Å². The molecule has 2 aromatic heterocycles. The molecule has 0 saturated heterocycles. The van der Waals surface area contributed by atoms with Crippen LogP contribution in [0.1, 0.15) is 20.8 Å². The lowest BCUT2D eigenvalue weighted by molar-refractivity contribution is -0.135. The van der Waals surface area contributed by atoms with E-state index in [2.05, 4.69) is 4.98 Å². The summed E-state index contributed by atoms with van der Waals surface area (Å²) in [7, 11) is 0. The van der Waals surface area contributed by atoms with Crippen molar-refractivity contribution in [2.45, 2.75) is 13.0 Å². The average Bonchev–Trinajstić information content (AvgIpc) is 3.13. The fourth-order valence-electron chi connectivity index (χ4n) is 2.99. The Balaban J connectivity index is 1.39. The maximum atomic E-state index is 12.3. The van der Waals surface area contributed by atoms with E-state index in [0.29, 0.717) is 29.3 Å². The van der Waals surface area contributed by atoms with Crippen molar-refractivity contribution in [1.82, 2.24) is 9.88 Å². The third kappa shape index (κ3) is 3.43. The summed E-state index contributed by atoms with van der Waals surface area (Å²) in [5, 5.41) is 3.23. The van der Waals surface area contributed by atoms with Gasteiger partial charge >= 0.3 is 5.97 Å². The van der Waals surface area contributed by atoms with Gasteiger partial charge in [-0.2, -0.15) is 0 Å². The van der Waals surface area contributed by atoms with Gasteiger partial charge in [-0.1, -0.05) is 11.6 Å². The molecule has 7 heteroatoms. The van der Waals surface area contributed by atoms with Crippen LogP contribution in [0.4, 0.5) is 0 Å². The number of halogens is 1. The number of nitrogens with zero attached hydrogens (tertiary/aromatic N) is 2. The lowest BCUT2D eigenvalue weighted by atomic mass is 10.1. The minimum atomic E-state index is -0.525. The Hall–Kier alpha value is -2.44. The Kier molecular flexibility index (Phi) is 4.61. The van der Waals surface area contributed by atoms with Crippen molar-refractivity contribution in [2.24, 2.45) is 0 Å². The molecule has 0 radical (unpaired) electrons. The van der Waals surface area contributed by atoms with Crippen LogP contribution in [0.15, 0.2) is 41.8 Å². The van der Waals surface area contributed by atoms with Gasteiger partial charge in [0, 0.05) is 23.4 Å². The third-order valence-electron chi connectivity index (χ3n) is 4.38. The highest BCUT2D eigenvalue weighted by Gasteiger charge is 2.22. The monoisotopic (exact) mass is 386 g/mol. The van der Waals surface area contributed by atoms with E-state index in [0.717, 1.165) is 11.8 Å². The Bertz CT molecular complexity index is 1000. The highest BCUT2D eigenvalue weighted by Crippen LogP contribution is 2.24. The lowest BCUT2D eigenvalue weighted by Crippen LogP contribution is -2.38. The van der Waals surface area contributed by atoms with Gasteiger partial charge in [-0.15, -0.1) is 11.3 Å². The van der Waals surface area contributed by atoms with E-state index in [4.69, 9.17) is 16.3 Å². The molecule has 0 fully saturated rings. The van der Waals surface area contributed by atoms with E-state index in [1.807, 2.05) is 11.4 Å². The molecule has 0 spiro atoms. The Morgan fingerprint density at radius 3 is 3.00 bits per heavy atom. The summed E-state index contributed by atoms with van der Waals surface area (Å²) in [6.07, 6.45) is 0.854. The van der Waals surface area contributed by atoms with Crippen LogP contribution in [0.3, 0.4) is 0 Å². The molecule has 0 saturated carbocycles. The minimum absolute atomic E-state index is 0.176. The van der Waals surface area contributed by atoms with E-state index >= 15 is 0 Å². The molecule has 1 aliphatic rings. The van der Waals surface area contributed by atoms with Gasteiger partial charge in [0.25, 0.3) is 5.91 Å². The maximum Gasteiger partial charge on any atom is 0.338 e. The first-order valence-corrected chi connectivity index (χ1v) is 9.42. The largest absolute Gasteiger partial charge is 0.452 e. The number of thiophene rings is 1. The molecule has 0 bridgehead atoms. The van der Waals surface area contributed by atoms with E-state index in [1.165, 1.54) is 10.4 Å². The summed E-state index contributed by atoms with van der Waals surface area (Å²) < 4.78 is 5.21. The maximum absolute atomic E-state index is 12.3. The lowest BCUT2D eigenvalue weighted by Gasteiger charge is -2.26. The summed E-state index contributed by atoms with van der Waals surface area (Å²) in [4.78, 5) is 31.8. The number of amides is 1. The van der Waals surface area contributed by atoms with Crippen LogP contribution in [0.25, 0.3) is 10.9 Å². The van der Waals surface area contributed by atoms with Gasteiger partial charge < -0.3 is 9.64 Å². The molecule has 0 unspecified atom stereocenters. The third-order valence-corrected chi connectivity index (χ3v) is 5.61. The van der Waals surface area contributed by atoms with E-state index in [1.54, 1.807) is 46.6 Å². The van der Waals surface area contributed by atoms with Crippen LogP contribution in [-0.4, -0.2) is 34.9 Å². The summed E-state index contributed by atoms with van der Waals surface area (Å²) in [6.45, 7) is 0.985. The number of hydrogen-bond acceptors (Lipinski definition) is 5. The summed E-state index contributed by atoms with van der Waals surface area (Å²) >= 11 is 7.58. The van der Waals surface area contributed by atoms with Crippen LogP contribution in [0.5, 0.6) is 0 Å². The Labute approximate surface area is 159 Å². The number of carbonyl (C=O) groups excluding carboxylic acids is 2. The van der Waals surface area contributed by atoms with Gasteiger partial charge in [-0.25, -0.2) is 9.78 Å². The van der Waals surface area contributed by atoms with Crippen molar-refractivity contribution in [1.29, 1.82) is 0 Å². The first kappa shape index (κ1) is 17.0. The highest BCUT2D eigenvalue weighted by molar-refractivity contribution is 7.10. The van der Waals surface area contributed by atoms with E-state index in [-0.39, 0.29) is 12.5 Å². The number of esters is 1. The number of hydrogen-bond donors (Lipinski definition) is 0. The molecular weight excluding hydrogens is 372 g/mol. The molecule has 0 aliphatic carbocycles. The van der Waals surface area contributed by atoms with Crippen molar-refractivity contribution in [2.75, 3.05) is 13.2 Å². The number of aromatic nitrogens is 1. The molecule has 0 atom stereocenters. The van der Waals surface area contributed by atoms with Crippen molar-refractivity contribution in [3.8, 4) is 0 Å². The van der Waals surface area contributed by atoms with Gasteiger partial charge in [-0.05, 0) is 53.8 Å². The van der Waals surface area contributed by atoms with Gasteiger partial charge in [0.05, 0.1) is 11.1 Å². The molecule has 132 valence electrons. The van der Waals surface area contributed by atoms with E-state index in [9.17, 15) is 9.59 Å². The van der Waals surface area contributed by atoms with Gasteiger partial charge in [0.2, 0.25) is 0 Å². The van der Waals surface area contributed by atoms with Crippen LogP contribution < -0.4 is 0 Å². The number of fused-ring (bicyclic) bond motifs is 2. The number of benzene rings is 1. The molecule has 1 aromatic carbocycles. The zero-order valence-corrected chi connectivity index (χ0v) is 15.3. The molecule has 3 heterocycles. The van der Waals surface area contributed by atoms with Gasteiger partial charge in [0.15, 0.2) is 6.61 Å². The zero-order valence-electron chi connectivity index (χ0n) is 13.8. The predicted octanol–water partition coefficient (Wildman–Crippen LogP) is 3.69. The first-order valence-electron chi connectivity index (χ1n) is 8.16. The van der Waals surface area contributed by atoms with E-state index < -0.39 is 5.97 Å². The minimum Gasteiger partial charge on any atom is -0.452 e. The number of pyridine rings is 1. The fourth-order valence-corrected chi connectivity index (χ4v) is 4.03. The molecule has 0 N–H and O–H groups in total. The smallest absolute Gasteiger partial charge is 0.338 e. The van der Waals surface area contributed by atoms with Crippen LogP contribution in [0, 0.1) is 0 Å². The molecule has 4 rings (SSSR count). The quantitative estimate of drug-likeness (QED) is 0.508. The van der Waals surface area contributed by atoms with Crippen molar-refractivity contribution in [3.63, 3.8) is 0 Å². The zero-order chi connectivity index (χ0) is 18.1. The fraction of sp³-hybridized carbons (Fsp3) is 0.211. The SMILES string of the molecule is O=C(OCC(=O)N1CCc2sccc2C1)c1ccc2nc(Cl)ccc2c1. The molecule has 1 amide bonds. The molecule has 1 aliphatic heterocycles. The number of carbonyl (C=O) groups is 2. The molecule has 26 heavy (non-hydrogen) atoms. The predicted molar refractivity (Wildman–Crippen MR) is 100 cm³/mol. The van der Waals surface area contributed by atoms with Crippen LogP contribution in [-0.2, 0) is 22.5 Å². The summed E-state index contributed by atoms with van der Waals surface area (Å²) in [5.74, 6) is -0.701. The van der Waals surface area contributed by atoms with Crippen LogP contribution >= 0.6 is 22.9 Å². The highest BCUT2D eigenvalue weighted by atomic mass is 35.5. The standard InChI is InChI=1S/C19H15ClN2O3S/c20-17-4-2-12-9-13(1-3-15(12)21-17)19(24)25-11-18(23)22-7-5-16-14(10-22)6-8-26-16/h1-4,6,8-9H,5,7,10-11H2. The second-order valence-corrected chi connectivity index (χ2v) is 7.44. The van der Waals surface area contributed by atoms with Crippen molar-refractivity contribution >= 4 is 45.7 Å². The Morgan fingerprint density at radius 2 is 2.12 bits per heavy atom. The van der Waals surface area contributed by atoms with Gasteiger partial charge in [-0.3, -0.25) is 4.79 Å². The first-order chi connectivity index (χ1) is 12.6. The Morgan fingerprint density at radius 1 is 1.23 bits per heavy atom. The summed E-state index contributed by atoms with van der Waals surface area (Å²) in [6, 6.07) is 10.5. The second kappa shape index (κ2) is 7.05. The topological polar surface area (TPSA) is 59.5 Å². The van der Waals surface area contributed by atoms with Crippen LogP contribution in [0.2, 0.25) is 5.15 Å². The normalized spacial score (nSPS) is 13.5. The second-order valence-electron chi connectivity index (χ2n) is 6.05. The number of ether oxygens (including phenoxy) is 1. The average molecular weight is 387 g/mol. The number of rotatable bonds is 3. The molecule has 5 nitrogen and oxygen atoms in total. The molecular formula is C19H15ClN2O3S. The van der Waals surface area contributed by atoms with Crippen molar-refractivity contribution < 1.29 is 14.3 Å². The molecule has 3 aromatic rings. The van der Waals surface area contributed by atoms with Gasteiger partial charge in [0.1, 0.15) is 5.15 Å². The summed E-state index contributed by atoms with van der Waals surface area (Å²) in [5.41, 5.74) is 2.26.